The van der Waals surface area contributed by atoms with Gasteiger partial charge in [0.05, 0.1) is 18.8 Å². The van der Waals surface area contributed by atoms with Gasteiger partial charge in [0.2, 0.25) is 0 Å². The van der Waals surface area contributed by atoms with Gasteiger partial charge in [0.1, 0.15) is 6.61 Å². The Balaban J connectivity index is 4.07. The predicted molar refractivity (Wildman–Crippen MR) is 237 cm³/mol. The molecule has 0 heterocycles. The number of carbonyl (C=O) groups excluding carboxylic acids is 2. The van der Waals surface area contributed by atoms with Gasteiger partial charge < -0.3 is 29.5 Å². The zero-order valence-electron chi connectivity index (χ0n) is 36.4. The molecule has 0 fully saturated rings. The third kappa shape index (κ3) is 43.3. The standard InChI is InChI=1S/C47H83O10P/c1-3-5-7-8-9-10-11-12-13-14-15-16-17-18-19-20-21-22-26-29-33-39-46(50)55-41-45(42-56-58(52,53)54)57-47(51)40-34-38-44(49)37-32-28-25-23-24-27-31-36-43(48)35-30-6-4-2/h12-13,24-25,27-28,31-32,36-37,43-45,48-49H,3-11,14-23,26,29-30,33-35,38-42H2,1-2H3,(H2,52,53,54)/b13-12-,27-24-,28-25-,36-31+,37-32+/t43-,44-,45-/m1/s1. The van der Waals surface area contributed by atoms with E-state index in [-0.39, 0.29) is 19.4 Å². The van der Waals surface area contributed by atoms with Gasteiger partial charge in [-0.3, -0.25) is 14.1 Å². The second-order valence-corrected chi connectivity index (χ2v) is 16.7. The molecule has 0 aromatic carbocycles. The molecule has 4 N–H and O–H groups in total. The number of allylic oxidation sites excluding steroid dienone is 8. The molecule has 0 aromatic heterocycles. The minimum atomic E-state index is -4.82. The number of carbonyl (C=O) groups is 2. The van der Waals surface area contributed by atoms with E-state index in [0.717, 1.165) is 44.9 Å². The molecule has 0 aliphatic heterocycles. The third-order valence-corrected chi connectivity index (χ3v) is 10.2. The monoisotopic (exact) mass is 839 g/mol. The van der Waals surface area contributed by atoms with Gasteiger partial charge in [-0.25, -0.2) is 4.57 Å². The number of esters is 2. The topological polar surface area (TPSA) is 160 Å². The summed E-state index contributed by atoms with van der Waals surface area (Å²) >= 11 is 0. The van der Waals surface area contributed by atoms with E-state index in [0.29, 0.717) is 25.7 Å². The van der Waals surface area contributed by atoms with Gasteiger partial charge in [0.25, 0.3) is 0 Å². The number of phosphoric acid groups is 1. The summed E-state index contributed by atoms with van der Waals surface area (Å²) in [5.74, 6) is -1.11. The van der Waals surface area contributed by atoms with Crippen molar-refractivity contribution in [2.45, 2.75) is 212 Å². The summed E-state index contributed by atoms with van der Waals surface area (Å²) in [6.07, 6.45) is 45.8. The van der Waals surface area contributed by atoms with E-state index in [1.165, 1.54) is 96.3 Å². The third-order valence-electron chi connectivity index (χ3n) is 9.72. The summed E-state index contributed by atoms with van der Waals surface area (Å²) in [5, 5.41) is 20.1. The normalized spacial score (nSPS) is 14.1. The Morgan fingerprint density at radius 2 is 0.983 bits per heavy atom. The molecule has 0 amide bonds. The van der Waals surface area contributed by atoms with Crippen LogP contribution >= 0.6 is 7.82 Å². The van der Waals surface area contributed by atoms with E-state index in [9.17, 15) is 24.4 Å². The number of hydrogen-bond acceptors (Lipinski definition) is 8. The molecule has 0 saturated carbocycles. The van der Waals surface area contributed by atoms with Crippen LogP contribution in [0.25, 0.3) is 0 Å². The average Bonchev–Trinajstić information content (AvgIpc) is 3.18. The lowest BCUT2D eigenvalue weighted by Crippen LogP contribution is -2.29. The van der Waals surface area contributed by atoms with Crippen LogP contribution in [-0.2, 0) is 28.2 Å². The zero-order valence-corrected chi connectivity index (χ0v) is 37.3. The van der Waals surface area contributed by atoms with Crippen molar-refractivity contribution in [3.63, 3.8) is 0 Å². The molecule has 0 aliphatic carbocycles. The first-order chi connectivity index (χ1) is 28.1. The van der Waals surface area contributed by atoms with E-state index in [4.69, 9.17) is 19.3 Å². The van der Waals surface area contributed by atoms with Crippen molar-refractivity contribution in [2.24, 2.45) is 0 Å². The number of phosphoric ester groups is 1. The van der Waals surface area contributed by atoms with Crippen LogP contribution in [0.15, 0.2) is 60.8 Å². The molecule has 0 aliphatic rings. The van der Waals surface area contributed by atoms with Crippen LogP contribution in [0.5, 0.6) is 0 Å². The molecule has 0 saturated heterocycles. The summed E-state index contributed by atoms with van der Waals surface area (Å²) in [5.41, 5.74) is 0. The highest BCUT2D eigenvalue weighted by Gasteiger charge is 2.23. The Morgan fingerprint density at radius 1 is 0.534 bits per heavy atom. The minimum absolute atomic E-state index is 0.0377. The second kappa shape index (κ2) is 41.4. The number of aliphatic hydroxyl groups excluding tert-OH is 2. The van der Waals surface area contributed by atoms with Crippen molar-refractivity contribution < 1.29 is 48.2 Å². The number of rotatable bonds is 41. The van der Waals surface area contributed by atoms with Crippen LogP contribution in [-0.4, -0.2) is 63.5 Å². The minimum Gasteiger partial charge on any atom is -0.462 e. The molecule has 0 spiro atoms. The van der Waals surface area contributed by atoms with E-state index < -0.39 is 44.7 Å². The average molecular weight is 839 g/mol. The Morgan fingerprint density at radius 3 is 1.50 bits per heavy atom. The Hall–Kier alpha value is -2.33. The van der Waals surface area contributed by atoms with E-state index in [1.54, 1.807) is 18.2 Å². The largest absolute Gasteiger partial charge is 0.469 e. The van der Waals surface area contributed by atoms with Gasteiger partial charge in [0.15, 0.2) is 6.10 Å². The van der Waals surface area contributed by atoms with E-state index >= 15 is 0 Å². The smallest absolute Gasteiger partial charge is 0.462 e. The Bertz CT molecular complexity index is 1160. The molecule has 0 rings (SSSR count). The highest BCUT2D eigenvalue weighted by molar-refractivity contribution is 7.46. The molecule has 0 bridgehead atoms. The number of unbranched alkanes of at least 4 members (excludes halogenated alkanes) is 19. The number of hydrogen-bond donors (Lipinski definition) is 4. The molecular formula is C47H83O10P. The van der Waals surface area contributed by atoms with Gasteiger partial charge in [-0.1, -0.05) is 184 Å². The molecule has 11 heteroatoms. The van der Waals surface area contributed by atoms with Crippen molar-refractivity contribution in [3.05, 3.63) is 60.8 Å². The van der Waals surface area contributed by atoms with Gasteiger partial charge >= 0.3 is 19.8 Å². The highest BCUT2D eigenvalue weighted by Crippen LogP contribution is 2.36. The SMILES string of the molecule is CCCCCCCC/C=C\CCCCCCCCCCCCCC(=O)OC[C@H](COP(=O)(O)O)OC(=O)CCC[C@H](O)/C=C/C=C\C/C=C\C=C\[C@H](O)CCCCC. The lowest BCUT2D eigenvalue weighted by atomic mass is 10.0. The maximum absolute atomic E-state index is 12.4. The van der Waals surface area contributed by atoms with E-state index in [1.807, 2.05) is 30.4 Å². The molecule has 10 nitrogen and oxygen atoms in total. The van der Waals surface area contributed by atoms with Crippen molar-refractivity contribution >= 4 is 19.8 Å². The van der Waals surface area contributed by atoms with Gasteiger partial charge in [-0.2, -0.15) is 0 Å². The lowest BCUT2D eigenvalue weighted by Gasteiger charge is -2.18. The molecular weight excluding hydrogens is 755 g/mol. The first-order valence-electron chi connectivity index (χ1n) is 22.8. The number of ether oxygens (including phenoxy) is 2. The molecule has 0 radical (unpaired) electrons. The maximum atomic E-state index is 12.4. The molecule has 336 valence electrons. The fourth-order valence-corrected chi connectivity index (χ4v) is 6.59. The van der Waals surface area contributed by atoms with Crippen LogP contribution < -0.4 is 0 Å². The molecule has 0 aromatic rings. The van der Waals surface area contributed by atoms with Crippen molar-refractivity contribution in [1.82, 2.24) is 0 Å². The summed E-state index contributed by atoms with van der Waals surface area (Å²) in [7, 11) is -4.82. The summed E-state index contributed by atoms with van der Waals surface area (Å²) in [6.45, 7) is 3.40. The van der Waals surface area contributed by atoms with Gasteiger partial charge in [-0.05, 0) is 57.8 Å². The van der Waals surface area contributed by atoms with Crippen LogP contribution in [0.2, 0.25) is 0 Å². The fourth-order valence-electron chi connectivity index (χ4n) is 6.23. The van der Waals surface area contributed by atoms with Gasteiger partial charge in [-0.15, -0.1) is 0 Å². The van der Waals surface area contributed by atoms with Crippen LogP contribution in [0.1, 0.15) is 194 Å². The first kappa shape index (κ1) is 55.7. The summed E-state index contributed by atoms with van der Waals surface area (Å²) in [4.78, 5) is 43.0. The fraction of sp³-hybridized carbons (Fsp3) is 0.745. The highest BCUT2D eigenvalue weighted by atomic mass is 31.2. The quantitative estimate of drug-likeness (QED) is 0.0153. The van der Waals surface area contributed by atoms with Crippen LogP contribution in [0, 0.1) is 0 Å². The van der Waals surface area contributed by atoms with Crippen LogP contribution in [0.4, 0.5) is 0 Å². The lowest BCUT2D eigenvalue weighted by molar-refractivity contribution is -0.161. The molecule has 58 heavy (non-hydrogen) atoms. The molecule has 3 atom stereocenters. The summed E-state index contributed by atoms with van der Waals surface area (Å²) in [6, 6.07) is 0. The summed E-state index contributed by atoms with van der Waals surface area (Å²) < 4.78 is 26.3. The Kier molecular flexibility index (Phi) is 39.7. The van der Waals surface area contributed by atoms with Crippen molar-refractivity contribution in [1.29, 1.82) is 0 Å². The van der Waals surface area contributed by atoms with Crippen molar-refractivity contribution in [2.75, 3.05) is 13.2 Å². The predicted octanol–water partition coefficient (Wildman–Crippen LogP) is 12.0. The van der Waals surface area contributed by atoms with E-state index in [2.05, 4.69) is 30.5 Å². The Labute approximate surface area is 352 Å². The number of aliphatic hydroxyl groups is 2. The van der Waals surface area contributed by atoms with Crippen LogP contribution in [0.3, 0.4) is 0 Å². The van der Waals surface area contributed by atoms with Gasteiger partial charge in [0, 0.05) is 12.8 Å². The second-order valence-electron chi connectivity index (χ2n) is 15.4. The maximum Gasteiger partial charge on any atom is 0.469 e. The molecule has 0 unspecified atom stereocenters. The first-order valence-corrected chi connectivity index (χ1v) is 24.3. The van der Waals surface area contributed by atoms with Crippen molar-refractivity contribution in [3.8, 4) is 0 Å². The zero-order chi connectivity index (χ0) is 42.8.